The number of rotatable bonds is 2. The lowest BCUT2D eigenvalue weighted by Crippen LogP contribution is -2.15. The predicted molar refractivity (Wildman–Crippen MR) is 180 cm³/mol. The summed E-state index contributed by atoms with van der Waals surface area (Å²) in [4.78, 5) is 16.7. The fourth-order valence-electron chi connectivity index (χ4n) is 4.96. The van der Waals surface area contributed by atoms with Crippen LogP contribution < -0.4 is 0 Å². The van der Waals surface area contributed by atoms with Crippen LogP contribution >= 0.6 is 0 Å². The van der Waals surface area contributed by atoms with Crippen LogP contribution in [0.15, 0.2) is 152 Å². The number of nitrogens with zero attached hydrogens (tertiary/aromatic N) is 4. The van der Waals surface area contributed by atoms with Gasteiger partial charge < -0.3 is 0 Å². The summed E-state index contributed by atoms with van der Waals surface area (Å²) in [5, 5.41) is 20.6. The number of allylic oxidation sites excluding steroid dienone is 1. The molecule has 6 nitrogen and oxygen atoms in total. The highest BCUT2D eigenvalue weighted by Gasteiger charge is 2.17. The van der Waals surface area contributed by atoms with Crippen LogP contribution in [0.2, 0.25) is 0 Å². The molecule has 4 heterocycles. The first-order valence-electron chi connectivity index (χ1n) is 14.1. The third-order valence-electron chi connectivity index (χ3n) is 7.11. The lowest BCUT2D eigenvalue weighted by molar-refractivity contribution is 1.25. The molecular weight excluding hydrogens is 540 g/mol. The molecule has 1 aliphatic rings. The molecule has 0 radical (unpaired) electrons. The van der Waals surface area contributed by atoms with E-state index in [0.29, 0.717) is 5.71 Å². The Hall–Kier alpha value is -6.14. The van der Waals surface area contributed by atoms with Gasteiger partial charge in [-0.3, -0.25) is 30.8 Å². The highest BCUT2D eigenvalue weighted by atomic mass is 14.8. The SMILES string of the molecule is N=C1C=Cc2c(ccc3c2ccc2ccccc23)C1=N.c1ccc(-c2ccccn2)nc1.c1ccc(-c2ccccn2)nc1. The topological polar surface area (TPSA) is 99.3 Å². The third-order valence-corrected chi connectivity index (χ3v) is 7.11. The third kappa shape index (κ3) is 6.20. The van der Waals surface area contributed by atoms with E-state index in [0.717, 1.165) is 39.3 Å². The number of hydrogen-bond acceptors (Lipinski definition) is 6. The van der Waals surface area contributed by atoms with Gasteiger partial charge in [0.15, 0.2) is 0 Å². The summed E-state index contributed by atoms with van der Waals surface area (Å²) in [5.41, 5.74) is 6.14. The van der Waals surface area contributed by atoms with Crippen molar-refractivity contribution in [1.82, 2.24) is 19.9 Å². The van der Waals surface area contributed by atoms with Gasteiger partial charge in [-0.25, -0.2) is 0 Å². The molecule has 0 spiro atoms. The maximum Gasteiger partial charge on any atom is 0.0886 e. The first-order chi connectivity index (χ1) is 21.7. The zero-order valence-corrected chi connectivity index (χ0v) is 23.8. The van der Waals surface area contributed by atoms with Crippen molar-refractivity contribution < 1.29 is 0 Å². The zero-order valence-electron chi connectivity index (χ0n) is 23.8. The minimum absolute atomic E-state index is 0.276. The Balaban J connectivity index is 0.000000124. The number of aromatic nitrogens is 4. The number of nitrogens with one attached hydrogen (secondary N) is 2. The number of fused-ring (bicyclic) bond motifs is 5. The van der Waals surface area contributed by atoms with E-state index < -0.39 is 0 Å². The Bertz CT molecular complexity index is 1930. The van der Waals surface area contributed by atoms with Gasteiger partial charge in [0.05, 0.1) is 34.2 Å². The molecule has 44 heavy (non-hydrogen) atoms. The number of pyridine rings is 4. The van der Waals surface area contributed by atoms with E-state index in [1.807, 2.05) is 91.0 Å². The molecule has 210 valence electrons. The Labute approximate surface area is 255 Å². The first kappa shape index (κ1) is 28.0. The summed E-state index contributed by atoms with van der Waals surface area (Å²) < 4.78 is 0. The molecule has 0 atom stereocenters. The fourth-order valence-corrected chi connectivity index (χ4v) is 4.96. The van der Waals surface area contributed by atoms with Gasteiger partial charge in [0, 0.05) is 30.4 Å². The van der Waals surface area contributed by atoms with Gasteiger partial charge in [0.1, 0.15) is 0 Å². The zero-order chi connectivity index (χ0) is 30.1. The van der Waals surface area contributed by atoms with Crippen molar-refractivity contribution in [2.75, 3.05) is 0 Å². The summed E-state index contributed by atoms with van der Waals surface area (Å²) >= 11 is 0. The molecule has 7 aromatic rings. The van der Waals surface area contributed by atoms with Crippen molar-refractivity contribution in [2.45, 2.75) is 0 Å². The molecule has 3 aromatic carbocycles. The number of benzene rings is 3. The van der Waals surface area contributed by atoms with Crippen molar-refractivity contribution in [3.63, 3.8) is 0 Å². The summed E-state index contributed by atoms with van der Waals surface area (Å²) in [6.45, 7) is 0. The van der Waals surface area contributed by atoms with Crippen LogP contribution in [0.4, 0.5) is 0 Å². The second-order valence-electron chi connectivity index (χ2n) is 9.89. The van der Waals surface area contributed by atoms with Gasteiger partial charge in [-0.15, -0.1) is 0 Å². The van der Waals surface area contributed by atoms with E-state index in [4.69, 9.17) is 10.8 Å². The maximum atomic E-state index is 8.04. The molecule has 2 N–H and O–H groups in total. The average Bonchev–Trinajstić information content (AvgIpc) is 3.11. The summed E-state index contributed by atoms with van der Waals surface area (Å²) in [7, 11) is 0. The Morgan fingerprint density at radius 2 is 0.864 bits per heavy atom. The maximum absolute atomic E-state index is 8.04. The van der Waals surface area contributed by atoms with E-state index in [9.17, 15) is 0 Å². The molecule has 0 unspecified atom stereocenters. The molecule has 0 fully saturated rings. The van der Waals surface area contributed by atoms with Crippen LogP contribution in [-0.2, 0) is 0 Å². The summed E-state index contributed by atoms with van der Waals surface area (Å²) in [6.07, 6.45) is 10.7. The van der Waals surface area contributed by atoms with Crippen LogP contribution in [0, 0.1) is 10.8 Å². The predicted octanol–water partition coefficient (Wildman–Crippen LogP) is 8.69. The Kier molecular flexibility index (Phi) is 8.42. The van der Waals surface area contributed by atoms with E-state index in [1.54, 1.807) is 30.9 Å². The van der Waals surface area contributed by atoms with Crippen LogP contribution in [0.1, 0.15) is 11.1 Å². The molecule has 0 bridgehead atoms. The molecule has 0 saturated heterocycles. The molecule has 8 rings (SSSR count). The van der Waals surface area contributed by atoms with Crippen molar-refractivity contribution >= 4 is 39.0 Å². The van der Waals surface area contributed by atoms with Crippen molar-refractivity contribution in [1.29, 1.82) is 10.8 Å². The quantitative estimate of drug-likeness (QED) is 0.204. The fraction of sp³-hybridized carbons (Fsp3) is 0. The highest BCUT2D eigenvalue weighted by molar-refractivity contribution is 6.52. The van der Waals surface area contributed by atoms with Crippen molar-refractivity contribution in [3.8, 4) is 22.8 Å². The highest BCUT2D eigenvalue weighted by Crippen LogP contribution is 2.32. The molecule has 6 heteroatoms. The van der Waals surface area contributed by atoms with Gasteiger partial charge in [0.25, 0.3) is 0 Å². The molecule has 0 aliphatic heterocycles. The Morgan fingerprint density at radius 3 is 1.36 bits per heavy atom. The largest absolute Gasteiger partial charge is 0.299 e. The van der Waals surface area contributed by atoms with Crippen LogP contribution in [-0.4, -0.2) is 31.4 Å². The van der Waals surface area contributed by atoms with Crippen LogP contribution in [0.3, 0.4) is 0 Å². The molecule has 0 saturated carbocycles. The molecule has 0 amide bonds. The van der Waals surface area contributed by atoms with E-state index in [1.165, 1.54) is 16.2 Å². The standard InChI is InChI=1S/C18H12N2.2C10H8N2/c19-17-10-9-15-14-6-5-11-3-1-2-4-12(11)13(14)7-8-16(15)18(17)20;2*1-3-7-11-9(5-1)10-6-2-4-8-12-10/h1-10,19-20H;2*1-8H. The normalized spacial score (nSPS) is 11.6. The smallest absolute Gasteiger partial charge is 0.0886 e. The lowest BCUT2D eigenvalue weighted by Gasteiger charge is -2.16. The van der Waals surface area contributed by atoms with Gasteiger partial charge in [0.2, 0.25) is 0 Å². The lowest BCUT2D eigenvalue weighted by atomic mass is 9.88. The minimum atomic E-state index is 0.276. The monoisotopic (exact) mass is 568 g/mol. The van der Waals surface area contributed by atoms with Gasteiger partial charge in [-0.05, 0) is 81.7 Å². The number of hydrogen-bond donors (Lipinski definition) is 2. The van der Waals surface area contributed by atoms with Gasteiger partial charge >= 0.3 is 0 Å². The van der Waals surface area contributed by atoms with Gasteiger partial charge in [-0.2, -0.15) is 0 Å². The van der Waals surface area contributed by atoms with Crippen molar-refractivity contribution in [2.24, 2.45) is 0 Å². The second kappa shape index (κ2) is 13.2. The molecular formula is C38H28N6. The van der Waals surface area contributed by atoms with Gasteiger partial charge in [-0.1, -0.05) is 78.9 Å². The van der Waals surface area contributed by atoms with E-state index in [-0.39, 0.29) is 5.71 Å². The molecule has 4 aromatic heterocycles. The van der Waals surface area contributed by atoms with E-state index in [2.05, 4.69) is 56.3 Å². The van der Waals surface area contributed by atoms with Crippen LogP contribution in [0.25, 0.3) is 50.4 Å². The van der Waals surface area contributed by atoms with E-state index >= 15 is 0 Å². The second-order valence-corrected chi connectivity index (χ2v) is 9.89. The molecule has 1 aliphatic carbocycles. The van der Waals surface area contributed by atoms with Crippen LogP contribution in [0.5, 0.6) is 0 Å². The summed E-state index contributed by atoms with van der Waals surface area (Å²) in [5.74, 6) is 0. The first-order valence-corrected chi connectivity index (χ1v) is 14.1. The average molecular weight is 569 g/mol. The summed E-state index contributed by atoms with van der Waals surface area (Å²) in [6, 6.07) is 39.8. The van der Waals surface area contributed by atoms with Crippen molar-refractivity contribution in [3.05, 3.63) is 163 Å². The Morgan fingerprint density at radius 1 is 0.386 bits per heavy atom. The minimum Gasteiger partial charge on any atom is -0.299 e.